The van der Waals surface area contributed by atoms with Crippen LogP contribution in [-0.2, 0) is 6.42 Å². The van der Waals surface area contributed by atoms with Crippen LogP contribution in [0.2, 0.25) is 5.15 Å². The maximum atomic E-state index is 6.08. The van der Waals surface area contributed by atoms with Crippen molar-refractivity contribution in [2.45, 2.75) is 20.3 Å². The van der Waals surface area contributed by atoms with Gasteiger partial charge in [-0.25, -0.2) is 15.0 Å². The summed E-state index contributed by atoms with van der Waals surface area (Å²) in [5, 5.41) is 3.24. The monoisotopic (exact) mass is 239 g/mol. The molecule has 0 atom stereocenters. The SMILES string of the molecule is CCc1c(C)nc(-c2nccs2)nc1Cl. The second-order valence-corrected chi connectivity index (χ2v) is 4.35. The van der Waals surface area contributed by atoms with Crippen LogP contribution in [0, 0.1) is 6.92 Å². The largest absolute Gasteiger partial charge is 0.241 e. The van der Waals surface area contributed by atoms with Crippen molar-refractivity contribution >= 4 is 22.9 Å². The highest BCUT2D eigenvalue weighted by molar-refractivity contribution is 7.13. The van der Waals surface area contributed by atoms with Crippen molar-refractivity contribution in [2.24, 2.45) is 0 Å². The van der Waals surface area contributed by atoms with Gasteiger partial charge in [-0.05, 0) is 13.3 Å². The number of aryl methyl sites for hydroxylation is 1. The molecule has 2 aromatic heterocycles. The number of thiazole rings is 1. The molecule has 0 spiro atoms. The molecule has 5 heteroatoms. The van der Waals surface area contributed by atoms with E-state index >= 15 is 0 Å². The van der Waals surface area contributed by atoms with Crippen LogP contribution in [0.4, 0.5) is 0 Å². The first kappa shape index (κ1) is 10.5. The summed E-state index contributed by atoms with van der Waals surface area (Å²) in [7, 11) is 0. The first-order valence-electron chi connectivity index (χ1n) is 4.65. The highest BCUT2D eigenvalue weighted by Crippen LogP contribution is 2.23. The van der Waals surface area contributed by atoms with Crippen LogP contribution in [0.3, 0.4) is 0 Å². The minimum atomic E-state index is 0.537. The van der Waals surface area contributed by atoms with Crippen molar-refractivity contribution in [1.29, 1.82) is 0 Å². The van der Waals surface area contributed by atoms with Gasteiger partial charge in [0.25, 0.3) is 0 Å². The van der Waals surface area contributed by atoms with Gasteiger partial charge in [0.05, 0.1) is 0 Å². The summed E-state index contributed by atoms with van der Waals surface area (Å²) < 4.78 is 0. The Morgan fingerprint density at radius 1 is 1.40 bits per heavy atom. The van der Waals surface area contributed by atoms with E-state index in [1.54, 1.807) is 6.20 Å². The summed E-state index contributed by atoms with van der Waals surface area (Å²) in [6.45, 7) is 3.99. The van der Waals surface area contributed by atoms with Gasteiger partial charge in [0, 0.05) is 22.8 Å². The molecule has 0 saturated heterocycles. The molecule has 0 aromatic carbocycles. The first-order valence-corrected chi connectivity index (χ1v) is 5.91. The third-order valence-corrected chi connectivity index (χ3v) is 3.22. The Bertz CT molecular complexity index is 445. The molecule has 0 aliphatic rings. The average Bonchev–Trinajstić information content (AvgIpc) is 2.69. The third kappa shape index (κ3) is 2.01. The van der Waals surface area contributed by atoms with Crippen molar-refractivity contribution in [2.75, 3.05) is 0 Å². The van der Waals surface area contributed by atoms with Crippen molar-refractivity contribution in [1.82, 2.24) is 15.0 Å². The lowest BCUT2D eigenvalue weighted by Gasteiger charge is -2.05. The molecule has 0 radical (unpaired) electrons. The third-order valence-electron chi connectivity index (χ3n) is 2.14. The molecule has 0 aliphatic heterocycles. The standard InChI is InChI=1S/C10H10ClN3S/c1-3-7-6(2)13-9(14-8(7)11)10-12-4-5-15-10/h4-5H,3H2,1-2H3. The van der Waals surface area contributed by atoms with Gasteiger partial charge < -0.3 is 0 Å². The minimum absolute atomic E-state index is 0.537. The van der Waals surface area contributed by atoms with Gasteiger partial charge in [0.1, 0.15) is 5.15 Å². The van der Waals surface area contributed by atoms with Crippen molar-refractivity contribution in [3.8, 4) is 10.8 Å². The summed E-state index contributed by atoms with van der Waals surface area (Å²) >= 11 is 7.59. The van der Waals surface area contributed by atoms with Gasteiger partial charge in [-0.2, -0.15) is 0 Å². The lowest BCUT2D eigenvalue weighted by atomic mass is 10.2. The van der Waals surface area contributed by atoms with Crippen molar-refractivity contribution in [3.05, 3.63) is 28.0 Å². The summed E-state index contributed by atoms with van der Waals surface area (Å²) in [5.74, 6) is 0.615. The van der Waals surface area contributed by atoms with Gasteiger partial charge >= 0.3 is 0 Å². The molecule has 0 bridgehead atoms. The number of hydrogen-bond donors (Lipinski definition) is 0. The maximum absolute atomic E-state index is 6.08. The molecular formula is C10H10ClN3S. The summed E-state index contributed by atoms with van der Waals surface area (Å²) in [5.41, 5.74) is 1.94. The second-order valence-electron chi connectivity index (χ2n) is 3.09. The average molecular weight is 240 g/mol. The molecule has 15 heavy (non-hydrogen) atoms. The van der Waals surface area contributed by atoms with Crippen LogP contribution in [0.15, 0.2) is 11.6 Å². The molecule has 78 valence electrons. The summed E-state index contributed by atoms with van der Waals surface area (Å²) in [6.07, 6.45) is 2.59. The molecule has 0 aliphatic carbocycles. The molecule has 0 unspecified atom stereocenters. The van der Waals surface area contributed by atoms with Gasteiger partial charge in [0.2, 0.25) is 0 Å². The Balaban J connectivity index is 2.53. The molecule has 0 N–H and O–H groups in total. The summed E-state index contributed by atoms with van der Waals surface area (Å²) in [4.78, 5) is 12.8. The first-order chi connectivity index (χ1) is 7.22. The zero-order valence-electron chi connectivity index (χ0n) is 8.49. The van der Waals surface area contributed by atoms with Crippen LogP contribution in [0.1, 0.15) is 18.2 Å². The number of halogens is 1. The highest BCUT2D eigenvalue weighted by Gasteiger charge is 2.10. The van der Waals surface area contributed by atoms with E-state index in [4.69, 9.17) is 11.6 Å². The Labute approximate surface area is 97.2 Å². The molecule has 0 amide bonds. The van der Waals surface area contributed by atoms with E-state index < -0.39 is 0 Å². The molecule has 0 saturated carbocycles. The molecule has 0 fully saturated rings. The van der Waals surface area contributed by atoms with Gasteiger partial charge in [-0.1, -0.05) is 18.5 Å². The van der Waals surface area contributed by atoms with Crippen LogP contribution in [0.25, 0.3) is 10.8 Å². The van der Waals surface area contributed by atoms with Gasteiger partial charge in [-0.3, -0.25) is 0 Å². The van der Waals surface area contributed by atoms with Crippen LogP contribution in [0.5, 0.6) is 0 Å². The van der Waals surface area contributed by atoms with Crippen LogP contribution >= 0.6 is 22.9 Å². The molecule has 2 heterocycles. The lowest BCUT2D eigenvalue weighted by Crippen LogP contribution is -1.98. The fourth-order valence-corrected chi connectivity index (χ4v) is 2.31. The lowest BCUT2D eigenvalue weighted by molar-refractivity contribution is 1.000. The number of rotatable bonds is 2. The predicted molar refractivity (Wildman–Crippen MR) is 62.3 cm³/mol. The topological polar surface area (TPSA) is 38.7 Å². The minimum Gasteiger partial charge on any atom is -0.241 e. The normalized spacial score (nSPS) is 10.6. The Hall–Kier alpha value is -1.00. The van der Waals surface area contributed by atoms with E-state index in [-0.39, 0.29) is 0 Å². The van der Waals surface area contributed by atoms with Gasteiger partial charge in [0.15, 0.2) is 10.8 Å². The van der Waals surface area contributed by atoms with E-state index in [0.29, 0.717) is 11.0 Å². The highest BCUT2D eigenvalue weighted by atomic mass is 35.5. The predicted octanol–water partition coefficient (Wildman–Crippen LogP) is 3.12. The van der Waals surface area contributed by atoms with E-state index in [9.17, 15) is 0 Å². The fourth-order valence-electron chi connectivity index (χ4n) is 1.39. The van der Waals surface area contributed by atoms with Gasteiger partial charge in [-0.15, -0.1) is 11.3 Å². The number of aromatic nitrogens is 3. The van der Waals surface area contributed by atoms with E-state index in [0.717, 1.165) is 22.7 Å². The van der Waals surface area contributed by atoms with E-state index in [2.05, 4.69) is 15.0 Å². The Morgan fingerprint density at radius 2 is 2.20 bits per heavy atom. The maximum Gasteiger partial charge on any atom is 0.190 e. The van der Waals surface area contributed by atoms with E-state index in [1.807, 2.05) is 19.2 Å². The molecule has 2 aromatic rings. The fraction of sp³-hybridized carbons (Fsp3) is 0.300. The van der Waals surface area contributed by atoms with E-state index in [1.165, 1.54) is 11.3 Å². The zero-order valence-corrected chi connectivity index (χ0v) is 10.1. The number of hydrogen-bond acceptors (Lipinski definition) is 4. The van der Waals surface area contributed by atoms with Crippen LogP contribution in [-0.4, -0.2) is 15.0 Å². The Morgan fingerprint density at radius 3 is 2.73 bits per heavy atom. The molecular weight excluding hydrogens is 230 g/mol. The Kier molecular flexibility index (Phi) is 2.98. The van der Waals surface area contributed by atoms with Crippen LogP contribution < -0.4 is 0 Å². The quantitative estimate of drug-likeness (QED) is 0.756. The second kappa shape index (κ2) is 4.24. The smallest absolute Gasteiger partial charge is 0.190 e. The van der Waals surface area contributed by atoms with Crippen molar-refractivity contribution < 1.29 is 0 Å². The summed E-state index contributed by atoms with van der Waals surface area (Å²) in [6, 6.07) is 0. The zero-order chi connectivity index (χ0) is 10.8. The molecule has 3 nitrogen and oxygen atoms in total. The molecule has 2 rings (SSSR count). The number of nitrogens with zero attached hydrogens (tertiary/aromatic N) is 3. The van der Waals surface area contributed by atoms with Crippen molar-refractivity contribution in [3.63, 3.8) is 0 Å².